The van der Waals surface area contributed by atoms with Crippen LogP contribution in [0, 0.1) is 0 Å². The zero-order valence-corrected chi connectivity index (χ0v) is 17.9. The lowest BCUT2D eigenvalue weighted by Crippen LogP contribution is -2.47. The number of amides is 1. The molecule has 0 bridgehead atoms. The Kier molecular flexibility index (Phi) is 6.16. The second-order valence-electron chi connectivity index (χ2n) is 7.88. The number of carbonyl (C=O) groups excluding carboxylic acids is 1. The van der Waals surface area contributed by atoms with Gasteiger partial charge in [0.05, 0.1) is 4.91 Å². The van der Waals surface area contributed by atoms with Crippen LogP contribution in [0.5, 0.6) is 0 Å². The number of hydrogen-bond acceptors (Lipinski definition) is 4. The SMILES string of the molecule is CC(C)c1ccc(/C=C2\SC(N3CCN(Cc4ccccc4)CC3)=NC2=O)cc1. The standard InChI is InChI=1S/C24H27N3OS/c1-18(2)21-10-8-19(9-11-21)16-22-23(28)25-24(29-22)27-14-12-26(13-15-27)17-20-6-4-3-5-7-20/h3-11,16,18H,12-15,17H2,1-2H3/b22-16-. The van der Waals surface area contributed by atoms with Crippen molar-refractivity contribution in [2.45, 2.75) is 26.3 Å². The van der Waals surface area contributed by atoms with Gasteiger partial charge >= 0.3 is 0 Å². The van der Waals surface area contributed by atoms with Crippen LogP contribution in [-0.4, -0.2) is 47.1 Å². The Hall–Kier alpha value is -2.37. The predicted octanol–water partition coefficient (Wildman–Crippen LogP) is 4.60. The quantitative estimate of drug-likeness (QED) is 0.697. The van der Waals surface area contributed by atoms with Crippen LogP contribution < -0.4 is 0 Å². The maximum atomic E-state index is 12.4. The van der Waals surface area contributed by atoms with Crippen molar-refractivity contribution in [2.24, 2.45) is 4.99 Å². The number of aliphatic imine (C=N–C) groups is 1. The van der Waals surface area contributed by atoms with E-state index in [1.54, 1.807) is 0 Å². The summed E-state index contributed by atoms with van der Waals surface area (Å²) in [5.41, 5.74) is 3.70. The Morgan fingerprint density at radius 3 is 2.34 bits per heavy atom. The van der Waals surface area contributed by atoms with Crippen LogP contribution in [0.25, 0.3) is 6.08 Å². The van der Waals surface area contributed by atoms with Crippen LogP contribution in [0.2, 0.25) is 0 Å². The van der Waals surface area contributed by atoms with Crippen molar-refractivity contribution >= 4 is 28.9 Å². The molecule has 1 saturated heterocycles. The molecular formula is C24H27N3OS. The van der Waals surface area contributed by atoms with Crippen molar-refractivity contribution in [3.8, 4) is 0 Å². The topological polar surface area (TPSA) is 35.9 Å². The van der Waals surface area contributed by atoms with Crippen LogP contribution in [0.3, 0.4) is 0 Å². The van der Waals surface area contributed by atoms with Crippen molar-refractivity contribution in [1.29, 1.82) is 0 Å². The highest BCUT2D eigenvalue weighted by molar-refractivity contribution is 8.18. The van der Waals surface area contributed by atoms with Crippen LogP contribution in [-0.2, 0) is 11.3 Å². The molecule has 1 fully saturated rings. The third kappa shape index (κ3) is 4.98. The van der Waals surface area contributed by atoms with Gasteiger partial charge < -0.3 is 4.90 Å². The number of nitrogens with zero attached hydrogens (tertiary/aromatic N) is 3. The van der Waals surface area contributed by atoms with Crippen molar-refractivity contribution < 1.29 is 4.79 Å². The molecular weight excluding hydrogens is 378 g/mol. The number of piperazine rings is 1. The summed E-state index contributed by atoms with van der Waals surface area (Å²) in [5.74, 6) is 0.388. The first kappa shape index (κ1) is 19.9. The third-order valence-corrected chi connectivity index (χ3v) is 6.45. The maximum absolute atomic E-state index is 12.4. The van der Waals surface area contributed by atoms with Gasteiger partial charge in [0, 0.05) is 32.7 Å². The minimum absolute atomic E-state index is 0.121. The fourth-order valence-corrected chi connectivity index (χ4v) is 4.57. The Labute approximate surface area is 177 Å². The van der Waals surface area contributed by atoms with Crippen molar-refractivity contribution in [3.05, 3.63) is 76.2 Å². The van der Waals surface area contributed by atoms with Crippen molar-refractivity contribution in [2.75, 3.05) is 26.2 Å². The molecule has 0 atom stereocenters. The summed E-state index contributed by atoms with van der Waals surface area (Å²) in [6.45, 7) is 9.12. The Balaban J connectivity index is 1.34. The van der Waals surface area contributed by atoms with Gasteiger partial charge in [-0.1, -0.05) is 68.4 Å². The molecule has 2 aliphatic heterocycles. The van der Waals surface area contributed by atoms with Gasteiger partial charge in [0.2, 0.25) is 0 Å². The molecule has 0 spiro atoms. The lowest BCUT2D eigenvalue weighted by atomic mass is 10.0. The van der Waals surface area contributed by atoms with E-state index in [-0.39, 0.29) is 5.91 Å². The molecule has 2 aromatic rings. The summed E-state index contributed by atoms with van der Waals surface area (Å²) in [5, 5.41) is 0.847. The number of thioether (sulfide) groups is 1. The van der Waals surface area contributed by atoms with Gasteiger partial charge in [0.25, 0.3) is 5.91 Å². The lowest BCUT2D eigenvalue weighted by molar-refractivity contribution is -0.113. The molecule has 150 valence electrons. The summed E-state index contributed by atoms with van der Waals surface area (Å²) in [6.07, 6.45) is 1.96. The molecule has 4 rings (SSSR count). The van der Waals surface area contributed by atoms with E-state index in [1.165, 1.54) is 22.9 Å². The zero-order chi connectivity index (χ0) is 20.2. The molecule has 0 aliphatic carbocycles. The second kappa shape index (κ2) is 8.97. The fourth-order valence-electron chi connectivity index (χ4n) is 3.60. The largest absolute Gasteiger partial charge is 0.348 e. The molecule has 0 aromatic heterocycles. The summed E-state index contributed by atoms with van der Waals surface area (Å²) < 4.78 is 0. The first-order valence-corrected chi connectivity index (χ1v) is 11.0. The summed E-state index contributed by atoms with van der Waals surface area (Å²) >= 11 is 1.50. The molecule has 29 heavy (non-hydrogen) atoms. The van der Waals surface area contributed by atoms with Crippen LogP contribution in [0.4, 0.5) is 0 Å². The fraction of sp³-hybridized carbons (Fsp3) is 0.333. The van der Waals surface area contributed by atoms with E-state index >= 15 is 0 Å². The number of amidine groups is 1. The molecule has 0 radical (unpaired) electrons. The van der Waals surface area contributed by atoms with Gasteiger partial charge in [-0.05, 0) is 40.4 Å². The molecule has 5 heteroatoms. The highest BCUT2D eigenvalue weighted by atomic mass is 32.2. The van der Waals surface area contributed by atoms with E-state index in [4.69, 9.17) is 0 Å². The van der Waals surface area contributed by atoms with Gasteiger partial charge in [0.15, 0.2) is 5.17 Å². The number of hydrogen-bond donors (Lipinski definition) is 0. The van der Waals surface area contributed by atoms with E-state index in [1.807, 2.05) is 6.08 Å². The molecule has 4 nitrogen and oxygen atoms in total. The minimum atomic E-state index is -0.121. The Morgan fingerprint density at radius 2 is 1.69 bits per heavy atom. The van der Waals surface area contributed by atoms with Crippen LogP contribution >= 0.6 is 11.8 Å². The normalized spacial score (nSPS) is 19.3. The van der Waals surface area contributed by atoms with E-state index in [0.29, 0.717) is 10.8 Å². The molecule has 0 saturated carbocycles. The van der Waals surface area contributed by atoms with Gasteiger partial charge in [-0.3, -0.25) is 9.69 Å². The lowest BCUT2D eigenvalue weighted by Gasteiger charge is -2.35. The maximum Gasteiger partial charge on any atom is 0.286 e. The first-order valence-electron chi connectivity index (χ1n) is 10.2. The molecule has 2 aromatic carbocycles. The Morgan fingerprint density at radius 1 is 1.00 bits per heavy atom. The smallest absolute Gasteiger partial charge is 0.286 e. The molecule has 0 N–H and O–H groups in total. The van der Waals surface area contributed by atoms with Crippen molar-refractivity contribution in [1.82, 2.24) is 9.80 Å². The molecule has 1 amide bonds. The molecule has 0 unspecified atom stereocenters. The van der Waals surface area contributed by atoms with Crippen LogP contribution in [0.15, 0.2) is 64.5 Å². The summed E-state index contributed by atoms with van der Waals surface area (Å²) in [7, 11) is 0. The van der Waals surface area contributed by atoms with Crippen LogP contribution in [0.1, 0.15) is 36.5 Å². The number of benzene rings is 2. The van der Waals surface area contributed by atoms with E-state index in [2.05, 4.69) is 83.2 Å². The first-order chi connectivity index (χ1) is 14.1. The minimum Gasteiger partial charge on any atom is -0.348 e. The average molecular weight is 406 g/mol. The highest BCUT2D eigenvalue weighted by Crippen LogP contribution is 2.31. The van der Waals surface area contributed by atoms with Crippen molar-refractivity contribution in [3.63, 3.8) is 0 Å². The zero-order valence-electron chi connectivity index (χ0n) is 17.0. The van der Waals surface area contributed by atoms with E-state index < -0.39 is 0 Å². The van der Waals surface area contributed by atoms with Gasteiger partial charge in [0.1, 0.15) is 0 Å². The van der Waals surface area contributed by atoms with Gasteiger partial charge in [-0.2, -0.15) is 4.99 Å². The van der Waals surface area contributed by atoms with E-state index in [9.17, 15) is 4.79 Å². The highest BCUT2D eigenvalue weighted by Gasteiger charge is 2.28. The monoisotopic (exact) mass is 405 g/mol. The summed E-state index contributed by atoms with van der Waals surface area (Å²) in [4.78, 5) is 22.1. The summed E-state index contributed by atoms with van der Waals surface area (Å²) in [6, 6.07) is 19.0. The number of carbonyl (C=O) groups is 1. The average Bonchev–Trinajstić information content (AvgIpc) is 3.10. The predicted molar refractivity (Wildman–Crippen MR) is 122 cm³/mol. The van der Waals surface area contributed by atoms with Gasteiger partial charge in [-0.25, -0.2) is 0 Å². The molecule has 2 aliphatic rings. The number of rotatable bonds is 4. The van der Waals surface area contributed by atoms with Gasteiger partial charge in [-0.15, -0.1) is 0 Å². The Bertz CT molecular complexity index is 911. The second-order valence-corrected chi connectivity index (χ2v) is 8.89. The van der Waals surface area contributed by atoms with E-state index in [0.717, 1.165) is 43.5 Å². The molecule has 2 heterocycles. The third-order valence-electron chi connectivity index (χ3n) is 5.40.